The van der Waals surface area contributed by atoms with Gasteiger partial charge in [-0.1, -0.05) is 53.0 Å². The third-order valence-electron chi connectivity index (χ3n) is 3.26. The molecule has 1 unspecified atom stereocenters. The first kappa shape index (κ1) is 15.7. The molecule has 106 valence electrons. The van der Waals surface area contributed by atoms with E-state index in [9.17, 15) is 0 Å². The van der Waals surface area contributed by atoms with Crippen LogP contribution in [0.3, 0.4) is 0 Å². The predicted molar refractivity (Wildman–Crippen MR) is 88.3 cm³/mol. The van der Waals surface area contributed by atoms with Crippen LogP contribution in [0.25, 0.3) is 0 Å². The maximum atomic E-state index is 6.08. The van der Waals surface area contributed by atoms with Crippen LogP contribution in [-0.4, -0.2) is 13.6 Å². The van der Waals surface area contributed by atoms with Crippen LogP contribution in [0.5, 0.6) is 0 Å². The number of benzene rings is 2. The molecule has 4 heteroatoms. The first-order chi connectivity index (χ1) is 9.60. The van der Waals surface area contributed by atoms with E-state index >= 15 is 0 Å². The van der Waals surface area contributed by atoms with Gasteiger partial charge in [0.1, 0.15) is 0 Å². The van der Waals surface area contributed by atoms with Crippen molar-refractivity contribution in [3.63, 3.8) is 0 Å². The van der Waals surface area contributed by atoms with E-state index in [-0.39, 0.29) is 0 Å². The van der Waals surface area contributed by atoms with Gasteiger partial charge in [0.2, 0.25) is 0 Å². The minimum Gasteiger partial charge on any atom is -0.319 e. The van der Waals surface area contributed by atoms with Gasteiger partial charge in [-0.15, -0.1) is 0 Å². The highest BCUT2D eigenvalue weighted by molar-refractivity contribution is 6.42. The number of nitrogens with one attached hydrogen (secondary N) is 1. The van der Waals surface area contributed by atoms with Gasteiger partial charge in [-0.25, -0.2) is 0 Å². The van der Waals surface area contributed by atoms with Gasteiger partial charge in [0.25, 0.3) is 0 Å². The maximum absolute atomic E-state index is 6.08. The minimum absolute atomic E-state index is 0.370. The lowest BCUT2D eigenvalue weighted by Gasteiger charge is -2.17. The van der Waals surface area contributed by atoms with Crippen molar-refractivity contribution in [2.45, 2.75) is 12.3 Å². The molecule has 2 aromatic carbocycles. The Kier molecular flexibility index (Phi) is 5.74. The Bertz CT molecular complexity index is 566. The summed E-state index contributed by atoms with van der Waals surface area (Å²) in [7, 11) is 1.96. The molecular weight excluding hydrogens is 313 g/mol. The Morgan fingerprint density at radius 1 is 0.950 bits per heavy atom. The maximum Gasteiger partial charge on any atom is 0.0595 e. The smallest absolute Gasteiger partial charge is 0.0595 e. The Morgan fingerprint density at radius 3 is 2.25 bits per heavy atom. The molecule has 0 saturated carbocycles. The van der Waals surface area contributed by atoms with E-state index in [0.717, 1.165) is 18.0 Å². The molecule has 0 radical (unpaired) electrons. The lowest BCUT2D eigenvalue weighted by molar-refractivity contribution is 0.626. The molecule has 0 heterocycles. The zero-order valence-corrected chi connectivity index (χ0v) is 13.4. The van der Waals surface area contributed by atoms with Crippen LogP contribution in [0.2, 0.25) is 15.1 Å². The number of hydrogen-bond donors (Lipinski definition) is 1. The summed E-state index contributed by atoms with van der Waals surface area (Å²) in [6.45, 7) is 0.891. The summed E-state index contributed by atoms with van der Waals surface area (Å²) in [5.74, 6) is 0.370. The van der Waals surface area contributed by atoms with Crippen LogP contribution >= 0.6 is 34.8 Å². The van der Waals surface area contributed by atoms with Gasteiger partial charge in [0.05, 0.1) is 10.0 Å². The van der Waals surface area contributed by atoms with Crippen LogP contribution in [-0.2, 0) is 6.42 Å². The molecule has 0 bridgehead atoms. The summed E-state index contributed by atoms with van der Waals surface area (Å²) >= 11 is 18.0. The number of rotatable bonds is 5. The van der Waals surface area contributed by atoms with E-state index in [1.165, 1.54) is 11.1 Å². The summed E-state index contributed by atoms with van der Waals surface area (Å²) in [6.07, 6.45) is 0.902. The Balaban J connectivity index is 2.20. The first-order valence-corrected chi connectivity index (χ1v) is 7.57. The van der Waals surface area contributed by atoms with Crippen molar-refractivity contribution in [1.29, 1.82) is 0 Å². The molecule has 1 nitrogen and oxygen atoms in total. The van der Waals surface area contributed by atoms with Crippen molar-refractivity contribution in [3.05, 3.63) is 68.7 Å². The number of likely N-dealkylation sites (N-methyl/N-ethyl adjacent to an activating group) is 1. The van der Waals surface area contributed by atoms with Gasteiger partial charge >= 0.3 is 0 Å². The number of hydrogen-bond acceptors (Lipinski definition) is 1. The summed E-state index contributed by atoms with van der Waals surface area (Å²) < 4.78 is 0. The van der Waals surface area contributed by atoms with Crippen LogP contribution in [0.1, 0.15) is 17.0 Å². The van der Waals surface area contributed by atoms with Crippen LogP contribution in [0.4, 0.5) is 0 Å². The molecule has 1 atom stereocenters. The second-order valence-electron chi connectivity index (χ2n) is 4.76. The van der Waals surface area contributed by atoms with E-state index < -0.39 is 0 Å². The molecule has 0 aromatic heterocycles. The van der Waals surface area contributed by atoms with Crippen LogP contribution < -0.4 is 5.32 Å². The van der Waals surface area contributed by atoms with Crippen molar-refractivity contribution in [2.75, 3.05) is 13.6 Å². The van der Waals surface area contributed by atoms with Crippen LogP contribution in [0.15, 0.2) is 42.5 Å². The molecule has 2 aromatic rings. The average molecular weight is 329 g/mol. The van der Waals surface area contributed by atoms with Gasteiger partial charge in [-0.05, 0) is 48.9 Å². The van der Waals surface area contributed by atoms with Crippen molar-refractivity contribution in [3.8, 4) is 0 Å². The average Bonchev–Trinajstić information content (AvgIpc) is 2.43. The second kappa shape index (κ2) is 7.33. The van der Waals surface area contributed by atoms with Gasteiger partial charge in [-0.2, -0.15) is 0 Å². The fourth-order valence-corrected chi connectivity index (χ4v) is 2.69. The topological polar surface area (TPSA) is 12.0 Å². The molecule has 0 aliphatic heterocycles. The molecule has 0 aliphatic rings. The molecule has 20 heavy (non-hydrogen) atoms. The highest BCUT2D eigenvalue weighted by Crippen LogP contribution is 2.27. The van der Waals surface area contributed by atoms with Crippen molar-refractivity contribution in [2.24, 2.45) is 0 Å². The van der Waals surface area contributed by atoms with Gasteiger partial charge < -0.3 is 5.32 Å². The van der Waals surface area contributed by atoms with Crippen LogP contribution in [0, 0.1) is 0 Å². The SMILES string of the molecule is CNCC(Cc1ccc(Cl)c(Cl)c1)c1ccc(Cl)cc1. The Labute approximate surface area is 134 Å². The minimum atomic E-state index is 0.370. The van der Waals surface area contributed by atoms with E-state index in [1.807, 2.05) is 37.4 Å². The largest absolute Gasteiger partial charge is 0.319 e. The van der Waals surface area contributed by atoms with Crippen molar-refractivity contribution >= 4 is 34.8 Å². The van der Waals surface area contributed by atoms with Gasteiger partial charge in [-0.3, -0.25) is 0 Å². The molecule has 2 rings (SSSR count). The fraction of sp³-hybridized carbons (Fsp3) is 0.250. The zero-order chi connectivity index (χ0) is 14.5. The van der Waals surface area contributed by atoms with E-state index in [2.05, 4.69) is 17.4 Å². The molecule has 0 aliphatic carbocycles. The van der Waals surface area contributed by atoms with E-state index in [1.54, 1.807) is 0 Å². The molecule has 0 saturated heterocycles. The summed E-state index contributed by atoms with van der Waals surface area (Å²) in [6, 6.07) is 13.8. The van der Waals surface area contributed by atoms with E-state index in [4.69, 9.17) is 34.8 Å². The highest BCUT2D eigenvalue weighted by atomic mass is 35.5. The number of halogens is 3. The second-order valence-corrected chi connectivity index (χ2v) is 6.01. The fourth-order valence-electron chi connectivity index (χ4n) is 2.24. The summed E-state index contributed by atoms with van der Waals surface area (Å²) in [5.41, 5.74) is 2.43. The van der Waals surface area contributed by atoms with Gasteiger partial charge in [0.15, 0.2) is 0 Å². The van der Waals surface area contributed by atoms with Gasteiger partial charge in [0, 0.05) is 17.5 Å². The molecular formula is C16H16Cl3N. The first-order valence-electron chi connectivity index (χ1n) is 6.44. The van der Waals surface area contributed by atoms with E-state index in [0.29, 0.717) is 16.0 Å². The lowest BCUT2D eigenvalue weighted by atomic mass is 9.92. The normalized spacial score (nSPS) is 12.4. The molecule has 0 fully saturated rings. The summed E-state index contributed by atoms with van der Waals surface area (Å²) in [4.78, 5) is 0. The Hall–Kier alpha value is -0.730. The van der Waals surface area contributed by atoms with Crippen molar-refractivity contribution in [1.82, 2.24) is 5.32 Å². The molecule has 1 N–H and O–H groups in total. The van der Waals surface area contributed by atoms with Crippen molar-refractivity contribution < 1.29 is 0 Å². The molecule has 0 amide bonds. The third-order valence-corrected chi connectivity index (χ3v) is 4.25. The monoisotopic (exact) mass is 327 g/mol. The standard InChI is InChI=1S/C16H16Cl3N/c1-20-10-13(12-3-5-14(17)6-4-12)8-11-2-7-15(18)16(19)9-11/h2-7,9,13,20H,8,10H2,1H3. The highest BCUT2D eigenvalue weighted by Gasteiger charge is 2.12. The third kappa shape index (κ3) is 4.13. The zero-order valence-electron chi connectivity index (χ0n) is 11.2. The Morgan fingerprint density at radius 2 is 1.65 bits per heavy atom. The summed E-state index contributed by atoms with van der Waals surface area (Å²) in [5, 5.41) is 5.18. The lowest BCUT2D eigenvalue weighted by Crippen LogP contribution is -2.19. The molecule has 0 spiro atoms. The predicted octanol–water partition coefficient (Wildman–Crippen LogP) is 5.19. The quantitative estimate of drug-likeness (QED) is 0.796.